The van der Waals surface area contributed by atoms with Crippen LogP contribution in [0.1, 0.15) is 11.4 Å². The molecule has 1 heterocycles. The molecule has 1 amide bonds. The largest absolute Gasteiger partial charge is 0.482 e. The fourth-order valence-corrected chi connectivity index (χ4v) is 2.68. The second-order valence-corrected chi connectivity index (χ2v) is 6.24. The van der Waals surface area contributed by atoms with E-state index in [9.17, 15) is 14.0 Å². The van der Waals surface area contributed by atoms with Gasteiger partial charge in [-0.15, -0.1) is 0 Å². The molecular weight excluding hydrogens is 377 g/mol. The topological polar surface area (TPSA) is 82.5 Å². The number of anilines is 1. The monoisotopic (exact) mass is 397 g/mol. The fourth-order valence-electron chi connectivity index (χ4n) is 2.68. The number of carbonyl (C=O) groups is 2. The number of carbonyl (C=O) groups excluding carboxylic acids is 2. The average Bonchev–Trinajstić information content (AvgIpc) is 3.00. The lowest BCUT2D eigenvalue weighted by molar-refractivity contribution is -0.149. The first-order chi connectivity index (χ1) is 13.9. The van der Waals surface area contributed by atoms with E-state index in [0.29, 0.717) is 17.1 Å². The summed E-state index contributed by atoms with van der Waals surface area (Å²) in [4.78, 5) is 23.9. The molecular formula is C21H20FN3O4. The van der Waals surface area contributed by atoms with Crippen molar-refractivity contribution >= 4 is 17.6 Å². The molecule has 0 fully saturated rings. The van der Waals surface area contributed by atoms with Gasteiger partial charge < -0.3 is 14.8 Å². The molecule has 0 aliphatic rings. The standard InChI is InChI=1S/C21H20FN3O4/c1-14-21(15(2)25(24-14)17-6-4-3-5-7-17)23-19(26)12-29-20(27)13-28-18-10-8-16(22)9-11-18/h3-11H,12-13H2,1-2H3,(H,23,26). The normalized spacial score (nSPS) is 10.4. The van der Waals surface area contributed by atoms with E-state index in [1.165, 1.54) is 24.3 Å². The van der Waals surface area contributed by atoms with Crippen LogP contribution in [0.15, 0.2) is 54.6 Å². The lowest BCUT2D eigenvalue weighted by atomic mass is 10.3. The van der Waals surface area contributed by atoms with Crippen LogP contribution < -0.4 is 10.1 Å². The quantitative estimate of drug-likeness (QED) is 0.619. The van der Waals surface area contributed by atoms with Crippen molar-refractivity contribution in [3.8, 4) is 11.4 Å². The Bertz CT molecular complexity index is 1000. The maximum Gasteiger partial charge on any atom is 0.344 e. The first kappa shape index (κ1) is 20.1. The lowest BCUT2D eigenvalue weighted by Gasteiger charge is -2.09. The number of aryl methyl sites for hydroxylation is 1. The van der Waals surface area contributed by atoms with Crippen molar-refractivity contribution in [2.75, 3.05) is 18.5 Å². The molecule has 1 aromatic heterocycles. The summed E-state index contributed by atoms with van der Waals surface area (Å²) in [5, 5.41) is 7.17. The summed E-state index contributed by atoms with van der Waals surface area (Å²) >= 11 is 0. The molecule has 0 aliphatic carbocycles. The van der Waals surface area contributed by atoms with Crippen molar-refractivity contribution in [3.05, 3.63) is 71.8 Å². The summed E-state index contributed by atoms with van der Waals surface area (Å²) in [6.07, 6.45) is 0. The third kappa shape index (κ3) is 5.19. The number of aromatic nitrogens is 2. The van der Waals surface area contributed by atoms with Gasteiger partial charge in [0.25, 0.3) is 5.91 Å². The van der Waals surface area contributed by atoms with Crippen LogP contribution in [0.2, 0.25) is 0 Å². The molecule has 1 N–H and O–H groups in total. The maximum absolute atomic E-state index is 12.8. The van der Waals surface area contributed by atoms with Crippen molar-refractivity contribution in [2.45, 2.75) is 13.8 Å². The van der Waals surface area contributed by atoms with Gasteiger partial charge in [-0.05, 0) is 50.2 Å². The van der Waals surface area contributed by atoms with E-state index in [0.717, 1.165) is 11.4 Å². The van der Waals surface area contributed by atoms with Crippen LogP contribution >= 0.6 is 0 Å². The Morgan fingerprint density at radius 3 is 2.41 bits per heavy atom. The van der Waals surface area contributed by atoms with Gasteiger partial charge in [0.05, 0.1) is 22.8 Å². The first-order valence-electron chi connectivity index (χ1n) is 8.89. The Balaban J connectivity index is 1.52. The van der Waals surface area contributed by atoms with Gasteiger partial charge in [0.1, 0.15) is 11.6 Å². The minimum atomic E-state index is -0.710. The van der Waals surface area contributed by atoms with Gasteiger partial charge in [-0.1, -0.05) is 18.2 Å². The molecule has 0 unspecified atom stereocenters. The number of esters is 1. The van der Waals surface area contributed by atoms with Crippen LogP contribution in [0, 0.1) is 19.7 Å². The van der Waals surface area contributed by atoms with Gasteiger partial charge in [-0.3, -0.25) is 4.79 Å². The maximum atomic E-state index is 12.8. The molecule has 0 spiro atoms. The SMILES string of the molecule is Cc1nn(-c2ccccc2)c(C)c1NC(=O)COC(=O)COc1ccc(F)cc1. The molecule has 3 rings (SSSR count). The van der Waals surface area contributed by atoms with Gasteiger partial charge in [-0.2, -0.15) is 5.10 Å². The van der Waals surface area contributed by atoms with Crippen LogP contribution in [0.3, 0.4) is 0 Å². The molecule has 3 aromatic rings. The van der Waals surface area contributed by atoms with E-state index in [1.807, 2.05) is 37.3 Å². The van der Waals surface area contributed by atoms with Gasteiger partial charge in [0, 0.05) is 0 Å². The number of nitrogens with zero attached hydrogens (tertiary/aromatic N) is 2. The number of rotatable bonds is 7. The molecule has 2 aromatic carbocycles. The van der Waals surface area contributed by atoms with Gasteiger partial charge in [0.15, 0.2) is 13.2 Å². The zero-order valence-electron chi connectivity index (χ0n) is 16.0. The van der Waals surface area contributed by atoms with Crippen LogP contribution in [-0.2, 0) is 14.3 Å². The van der Waals surface area contributed by atoms with E-state index in [2.05, 4.69) is 10.4 Å². The van der Waals surface area contributed by atoms with E-state index < -0.39 is 24.3 Å². The number of ether oxygens (including phenoxy) is 2. The summed E-state index contributed by atoms with van der Waals surface area (Å²) in [5.41, 5.74) is 2.84. The number of benzene rings is 2. The molecule has 7 nitrogen and oxygen atoms in total. The van der Waals surface area contributed by atoms with Crippen LogP contribution in [-0.4, -0.2) is 34.9 Å². The minimum absolute atomic E-state index is 0.326. The highest BCUT2D eigenvalue weighted by Crippen LogP contribution is 2.22. The number of hydrogen-bond acceptors (Lipinski definition) is 5. The van der Waals surface area contributed by atoms with Gasteiger partial charge >= 0.3 is 5.97 Å². The van der Waals surface area contributed by atoms with Crippen molar-refractivity contribution < 1.29 is 23.5 Å². The van der Waals surface area contributed by atoms with Crippen molar-refractivity contribution in [3.63, 3.8) is 0 Å². The highest BCUT2D eigenvalue weighted by atomic mass is 19.1. The first-order valence-corrected chi connectivity index (χ1v) is 8.89. The molecule has 0 aliphatic heterocycles. The number of amides is 1. The van der Waals surface area contributed by atoms with E-state index in [4.69, 9.17) is 9.47 Å². The number of halogens is 1. The molecule has 0 radical (unpaired) electrons. The Hall–Kier alpha value is -3.68. The smallest absolute Gasteiger partial charge is 0.344 e. The molecule has 0 atom stereocenters. The summed E-state index contributed by atoms with van der Waals surface area (Å²) in [5.74, 6) is -1.28. The fraction of sp³-hybridized carbons (Fsp3) is 0.190. The second-order valence-electron chi connectivity index (χ2n) is 6.24. The molecule has 0 bridgehead atoms. The number of para-hydroxylation sites is 1. The molecule has 0 saturated heterocycles. The van der Waals surface area contributed by atoms with Crippen LogP contribution in [0.25, 0.3) is 5.69 Å². The summed E-state index contributed by atoms with van der Waals surface area (Å²) < 4.78 is 24.7. The predicted octanol–water partition coefficient (Wildman–Crippen LogP) is 3.19. The van der Waals surface area contributed by atoms with E-state index in [-0.39, 0.29) is 6.61 Å². The van der Waals surface area contributed by atoms with Crippen molar-refractivity contribution in [1.82, 2.24) is 9.78 Å². The third-order valence-corrected chi connectivity index (χ3v) is 4.09. The summed E-state index contributed by atoms with van der Waals surface area (Å²) in [6, 6.07) is 14.8. The molecule has 8 heteroatoms. The zero-order chi connectivity index (χ0) is 20.8. The lowest BCUT2D eigenvalue weighted by Crippen LogP contribution is -2.24. The van der Waals surface area contributed by atoms with Crippen molar-refractivity contribution in [2.24, 2.45) is 0 Å². The van der Waals surface area contributed by atoms with Gasteiger partial charge in [0.2, 0.25) is 0 Å². The molecule has 0 saturated carbocycles. The zero-order valence-corrected chi connectivity index (χ0v) is 16.0. The Morgan fingerprint density at radius 1 is 1.03 bits per heavy atom. The Kier molecular flexibility index (Phi) is 6.23. The number of hydrogen-bond donors (Lipinski definition) is 1. The van der Waals surface area contributed by atoms with E-state index in [1.54, 1.807) is 11.6 Å². The number of nitrogens with one attached hydrogen (secondary N) is 1. The minimum Gasteiger partial charge on any atom is -0.482 e. The van der Waals surface area contributed by atoms with E-state index >= 15 is 0 Å². The summed E-state index contributed by atoms with van der Waals surface area (Å²) in [7, 11) is 0. The van der Waals surface area contributed by atoms with Crippen LogP contribution in [0.5, 0.6) is 5.75 Å². The predicted molar refractivity (Wildman–Crippen MR) is 105 cm³/mol. The second kappa shape index (κ2) is 9.01. The van der Waals surface area contributed by atoms with Crippen LogP contribution in [0.4, 0.5) is 10.1 Å². The Labute approximate surface area is 167 Å². The third-order valence-electron chi connectivity index (χ3n) is 4.09. The average molecular weight is 397 g/mol. The Morgan fingerprint density at radius 2 is 1.72 bits per heavy atom. The summed E-state index contributed by atoms with van der Waals surface area (Å²) in [6.45, 7) is 2.78. The van der Waals surface area contributed by atoms with Gasteiger partial charge in [-0.25, -0.2) is 13.9 Å². The molecule has 150 valence electrons. The molecule has 29 heavy (non-hydrogen) atoms. The highest BCUT2D eigenvalue weighted by Gasteiger charge is 2.16. The van der Waals surface area contributed by atoms with Crippen molar-refractivity contribution in [1.29, 1.82) is 0 Å². The highest BCUT2D eigenvalue weighted by molar-refractivity contribution is 5.94.